The lowest BCUT2D eigenvalue weighted by Gasteiger charge is -2.37. The summed E-state index contributed by atoms with van der Waals surface area (Å²) in [6.45, 7) is 0.572. The quantitative estimate of drug-likeness (QED) is 0.653. The zero-order valence-electron chi connectivity index (χ0n) is 13.7. The number of rotatable bonds is 7. The van der Waals surface area contributed by atoms with Crippen molar-refractivity contribution in [2.24, 2.45) is 5.73 Å². The van der Waals surface area contributed by atoms with Gasteiger partial charge in [0.05, 0.1) is 12.6 Å². The molecular formula is C19H21N3O3. The van der Waals surface area contributed by atoms with Gasteiger partial charge in [0.1, 0.15) is 6.04 Å². The number of hydrogen-bond acceptors (Lipinski definition) is 4. The highest BCUT2D eigenvalue weighted by Gasteiger charge is 2.40. The molecular weight excluding hydrogens is 318 g/mol. The molecule has 6 nitrogen and oxygen atoms in total. The largest absolute Gasteiger partial charge is 0.359 e. The molecule has 1 aliphatic rings. The summed E-state index contributed by atoms with van der Waals surface area (Å²) in [5.41, 5.74) is 7.29. The van der Waals surface area contributed by atoms with E-state index in [2.05, 4.69) is 10.6 Å². The Labute approximate surface area is 146 Å². The van der Waals surface area contributed by atoms with Crippen molar-refractivity contribution in [1.29, 1.82) is 0 Å². The zero-order valence-corrected chi connectivity index (χ0v) is 13.7. The van der Waals surface area contributed by atoms with Crippen LogP contribution in [0, 0.1) is 0 Å². The molecule has 2 aromatic rings. The van der Waals surface area contributed by atoms with E-state index >= 15 is 0 Å². The molecule has 0 saturated carbocycles. The van der Waals surface area contributed by atoms with Gasteiger partial charge in [-0.1, -0.05) is 60.7 Å². The van der Waals surface area contributed by atoms with Crippen LogP contribution in [0.3, 0.4) is 0 Å². The second kappa shape index (κ2) is 7.92. The molecule has 2 aromatic carbocycles. The molecule has 130 valence electrons. The summed E-state index contributed by atoms with van der Waals surface area (Å²) in [4.78, 5) is 24.4. The van der Waals surface area contributed by atoms with Crippen LogP contribution in [0.2, 0.25) is 0 Å². The molecule has 2 amide bonds. The van der Waals surface area contributed by atoms with Crippen molar-refractivity contribution in [3.05, 3.63) is 71.8 Å². The van der Waals surface area contributed by atoms with Gasteiger partial charge < -0.3 is 21.1 Å². The highest BCUT2D eigenvalue weighted by molar-refractivity contribution is 5.94. The maximum Gasteiger partial charge on any atom is 0.254 e. The topological polar surface area (TPSA) is 93.5 Å². The predicted molar refractivity (Wildman–Crippen MR) is 93.3 cm³/mol. The Morgan fingerprint density at radius 2 is 1.76 bits per heavy atom. The molecule has 1 saturated heterocycles. The fourth-order valence-electron chi connectivity index (χ4n) is 2.74. The van der Waals surface area contributed by atoms with Crippen LogP contribution in [0.15, 0.2) is 60.7 Å². The number of hydrogen-bond donors (Lipinski definition) is 3. The number of nitrogens with one attached hydrogen (secondary N) is 2. The average Bonchev–Trinajstić information content (AvgIpc) is 2.66. The van der Waals surface area contributed by atoms with Gasteiger partial charge >= 0.3 is 0 Å². The summed E-state index contributed by atoms with van der Waals surface area (Å²) in [6.07, 6.45) is -0.798. The van der Waals surface area contributed by atoms with Gasteiger partial charge in [-0.15, -0.1) is 0 Å². The number of carbonyl (C=O) groups is 2. The lowest BCUT2D eigenvalue weighted by atomic mass is 9.98. The average molecular weight is 339 g/mol. The molecule has 6 heteroatoms. The van der Waals surface area contributed by atoms with Crippen molar-refractivity contribution < 1.29 is 14.3 Å². The third-order valence-corrected chi connectivity index (χ3v) is 4.16. The first-order valence-corrected chi connectivity index (χ1v) is 8.20. The number of β-lactam (4-membered cyclic amide) rings is 1. The Kier molecular flexibility index (Phi) is 5.42. The van der Waals surface area contributed by atoms with E-state index in [-0.39, 0.29) is 24.4 Å². The third-order valence-electron chi connectivity index (χ3n) is 4.16. The number of benzene rings is 2. The van der Waals surface area contributed by atoms with Crippen molar-refractivity contribution in [2.75, 3.05) is 6.54 Å². The van der Waals surface area contributed by atoms with Crippen LogP contribution in [0.25, 0.3) is 0 Å². The minimum Gasteiger partial charge on any atom is -0.359 e. The van der Waals surface area contributed by atoms with Crippen LogP contribution in [0.4, 0.5) is 0 Å². The summed E-state index contributed by atoms with van der Waals surface area (Å²) in [5.74, 6) is -0.570. The van der Waals surface area contributed by atoms with Crippen molar-refractivity contribution in [3.8, 4) is 0 Å². The van der Waals surface area contributed by atoms with E-state index in [0.717, 1.165) is 11.1 Å². The van der Waals surface area contributed by atoms with Gasteiger partial charge in [-0.05, 0) is 11.1 Å². The molecule has 1 fully saturated rings. The number of nitrogens with two attached hydrogens (primary N) is 1. The van der Waals surface area contributed by atoms with Gasteiger partial charge in [0.15, 0.2) is 6.10 Å². The van der Waals surface area contributed by atoms with Crippen molar-refractivity contribution in [2.45, 2.75) is 24.8 Å². The molecule has 3 rings (SSSR count). The van der Waals surface area contributed by atoms with E-state index in [0.29, 0.717) is 6.61 Å². The smallest absolute Gasteiger partial charge is 0.254 e. The summed E-state index contributed by atoms with van der Waals surface area (Å²) in [5, 5.41) is 5.41. The van der Waals surface area contributed by atoms with Crippen LogP contribution in [-0.2, 0) is 20.9 Å². The molecule has 0 bridgehead atoms. The second-order valence-corrected chi connectivity index (χ2v) is 5.92. The zero-order chi connectivity index (χ0) is 17.6. The first-order valence-electron chi connectivity index (χ1n) is 8.20. The lowest BCUT2D eigenvalue weighted by Crippen LogP contribution is -2.71. The molecule has 1 unspecified atom stereocenters. The van der Waals surface area contributed by atoms with E-state index in [9.17, 15) is 9.59 Å². The molecule has 1 heterocycles. The first kappa shape index (κ1) is 17.1. The molecule has 1 aliphatic heterocycles. The van der Waals surface area contributed by atoms with Crippen LogP contribution < -0.4 is 16.4 Å². The normalized spacial score (nSPS) is 20.3. The van der Waals surface area contributed by atoms with E-state index in [1.54, 1.807) is 0 Å². The third kappa shape index (κ3) is 4.04. The van der Waals surface area contributed by atoms with Gasteiger partial charge in [0, 0.05) is 6.54 Å². The highest BCUT2D eigenvalue weighted by Crippen LogP contribution is 2.20. The standard InChI is InChI=1S/C19H21N3O3/c20-11-15-16(18(23)21-15)22-19(24)17(14-9-5-2-6-10-14)25-12-13-7-3-1-4-8-13/h1-10,15-17H,11-12,20H2,(H,21,23)(H,22,24)/t15-,16+,17?/m0/s1. The Balaban J connectivity index is 1.72. The Morgan fingerprint density at radius 1 is 1.12 bits per heavy atom. The van der Waals surface area contributed by atoms with E-state index < -0.39 is 12.1 Å². The van der Waals surface area contributed by atoms with Gasteiger partial charge in [0.25, 0.3) is 5.91 Å². The number of amides is 2. The van der Waals surface area contributed by atoms with Gasteiger partial charge in [0.2, 0.25) is 5.91 Å². The van der Waals surface area contributed by atoms with Crippen LogP contribution in [0.1, 0.15) is 17.2 Å². The highest BCUT2D eigenvalue weighted by atomic mass is 16.5. The van der Waals surface area contributed by atoms with Crippen LogP contribution in [-0.4, -0.2) is 30.4 Å². The van der Waals surface area contributed by atoms with Crippen molar-refractivity contribution in [1.82, 2.24) is 10.6 Å². The second-order valence-electron chi connectivity index (χ2n) is 5.92. The predicted octanol–water partition coefficient (Wildman–Crippen LogP) is 0.886. The maximum atomic E-state index is 12.7. The minimum atomic E-state index is -0.798. The van der Waals surface area contributed by atoms with E-state index in [4.69, 9.17) is 10.5 Å². The Morgan fingerprint density at radius 3 is 2.36 bits per heavy atom. The first-order chi connectivity index (χ1) is 12.2. The van der Waals surface area contributed by atoms with Gasteiger partial charge in [-0.25, -0.2) is 0 Å². The molecule has 0 aliphatic carbocycles. The van der Waals surface area contributed by atoms with Crippen molar-refractivity contribution in [3.63, 3.8) is 0 Å². The van der Waals surface area contributed by atoms with Crippen molar-refractivity contribution >= 4 is 11.8 Å². The number of ether oxygens (including phenoxy) is 1. The number of carbonyl (C=O) groups excluding carboxylic acids is 2. The monoisotopic (exact) mass is 339 g/mol. The summed E-state index contributed by atoms with van der Waals surface area (Å²) in [6, 6.07) is 18.0. The van der Waals surface area contributed by atoms with E-state index in [1.165, 1.54) is 0 Å². The maximum absolute atomic E-state index is 12.7. The van der Waals surface area contributed by atoms with Crippen LogP contribution >= 0.6 is 0 Å². The molecule has 25 heavy (non-hydrogen) atoms. The van der Waals surface area contributed by atoms with Crippen LogP contribution in [0.5, 0.6) is 0 Å². The molecule has 0 spiro atoms. The molecule has 0 aromatic heterocycles. The summed E-state index contributed by atoms with van der Waals surface area (Å²) in [7, 11) is 0. The van der Waals surface area contributed by atoms with E-state index in [1.807, 2.05) is 60.7 Å². The molecule has 0 radical (unpaired) electrons. The van der Waals surface area contributed by atoms with Gasteiger partial charge in [-0.3, -0.25) is 9.59 Å². The summed E-state index contributed by atoms with van der Waals surface area (Å²) >= 11 is 0. The fraction of sp³-hybridized carbons (Fsp3) is 0.263. The fourth-order valence-corrected chi connectivity index (χ4v) is 2.74. The van der Waals surface area contributed by atoms with Gasteiger partial charge in [-0.2, -0.15) is 0 Å². The summed E-state index contributed by atoms with van der Waals surface area (Å²) < 4.78 is 5.87. The Hall–Kier alpha value is -2.70. The molecule has 3 atom stereocenters. The minimum absolute atomic E-state index is 0.223. The lowest BCUT2D eigenvalue weighted by molar-refractivity contribution is -0.142. The Bertz CT molecular complexity index is 721. The molecule has 4 N–H and O–H groups in total. The SMILES string of the molecule is NC[C@@H]1NC(=O)[C@@H]1NC(=O)C(OCc1ccccc1)c1ccccc1.